The summed E-state index contributed by atoms with van der Waals surface area (Å²) in [5.74, 6) is 1.83. The van der Waals surface area contributed by atoms with Gasteiger partial charge in [0.05, 0.1) is 5.37 Å². The molecule has 18 heavy (non-hydrogen) atoms. The van der Waals surface area contributed by atoms with Crippen LogP contribution in [0.4, 0.5) is 4.79 Å². The number of rotatable bonds is 1. The average molecular weight is 295 g/mol. The summed E-state index contributed by atoms with van der Waals surface area (Å²) in [6.45, 7) is 8.49. The molecule has 0 spiro atoms. The fourth-order valence-corrected chi connectivity index (χ4v) is 3.31. The molecule has 6 heteroatoms. The van der Waals surface area contributed by atoms with Gasteiger partial charge in [0.1, 0.15) is 5.60 Å². The number of hydrogen-bond donors (Lipinski definition) is 1. The SMILES string of the molecule is CC(C)(C)OC(=O)N1CC(C2NCCCS2)C1.Cl. The Morgan fingerprint density at radius 3 is 2.56 bits per heavy atom. The third-order valence-corrected chi connectivity index (χ3v) is 4.39. The lowest BCUT2D eigenvalue weighted by Gasteiger charge is -2.44. The molecule has 1 unspecified atom stereocenters. The second-order valence-electron chi connectivity index (χ2n) is 5.74. The number of ether oxygens (including phenoxy) is 1. The monoisotopic (exact) mass is 294 g/mol. The number of nitrogens with one attached hydrogen (secondary N) is 1. The molecule has 0 bridgehead atoms. The molecule has 2 aliphatic heterocycles. The van der Waals surface area contributed by atoms with Crippen LogP contribution in [0.1, 0.15) is 27.2 Å². The second kappa shape index (κ2) is 6.35. The molecule has 2 aliphatic rings. The lowest BCUT2D eigenvalue weighted by Crippen LogP contribution is -2.58. The van der Waals surface area contributed by atoms with Crippen molar-refractivity contribution in [2.75, 3.05) is 25.4 Å². The summed E-state index contributed by atoms with van der Waals surface area (Å²) in [5, 5.41) is 4.04. The Morgan fingerprint density at radius 2 is 2.06 bits per heavy atom. The van der Waals surface area contributed by atoms with Gasteiger partial charge in [-0.2, -0.15) is 0 Å². The topological polar surface area (TPSA) is 41.6 Å². The van der Waals surface area contributed by atoms with Crippen molar-refractivity contribution >= 4 is 30.3 Å². The summed E-state index contributed by atoms with van der Waals surface area (Å²) >= 11 is 1.98. The van der Waals surface area contributed by atoms with Gasteiger partial charge in [-0.3, -0.25) is 0 Å². The van der Waals surface area contributed by atoms with Crippen LogP contribution in [0.15, 0.2) is 0 Å². The lowest BCUT2D eigenvalue weighted by molar-refractivity contribution is -0.00239. The van der Waals surface area contributed by atoms with E-state index in [9.17, 15) is 4.79 Å². The first kappa shape index (κ1) is 15.9. The number of carbonyl (C=O) groups is 1. The molecule has 0 saturated carbocycles. The normalized spacial score (nSPS) is 25.1. The quantitative estimate of drug-likeness (QED) is 0.806. The number of nitrogens with zero attached hydrogens (tertiary/aromatic N) is 1. The maximum absolute atomic E-state index is 11.7. The number of likely N-dealkylation sites (tertiary alicyclic amines) is 1. The van der Waals surface area contributed by atoms with Crippen molar-refractivity contribution in [3.8, 4) is 0 Å². The van der Waals surface area contributed by atoms with Crippen molar-refractivity contribution in [2.24, 2.45) is 5.92 Å². The number of carbonyl (C=O) groups excluding carboxylic acids is 1. The summed E-state index contributed by atoms with van der Waals surface area (Å²) in [6.07, 6.45) is 1.08. The Balaban J connectivity index is 0.00000162. The minimum atomic E-state index is -0.389. The average Bonchev–Trinajstić information content (AvgIpc) is 2.14. The fourth-order valence-electron chi connectivity index (χ4n) is 2.07. The van der Waals surface area contributed by atoms with Gasteiger partial charge < -0.3 is 15.0 Å². The van der Waals surface area contributed by atoms with Crippen molar-refractivity contribution in [1.82, 2.24) is 10.2 Å². The Morgan fingerprint density at radius 1 is 1.39 bits per heavy atom. The minimum absolute atomic E-state index is 0. The summed E-state index contributed by atoms with van der Waals surface area (Å²) in [7, 11) is 0. The van der Waals surface area contributed by atoms with Crippen LogP contribution < -0.4 is 5.32 Å². The van der Waals surface area contributed by atoms with E-state index in [4.69, 9.17) is 4.74 Å². The predicted octanol–water partition coefficient (Wildman–Crippen LogP) is 2.33. The van der Waals surface area contributed by atoms with Crippen LogP contribution in [0.25, 0.3) is 0 Å². The van der Waals surface area contributed by atoms with E-state index in [2.05, 4.69) is 5.32 Å². The molecule has 0 radical (unpaired) electrons. The number of thioether (sulfide) groups is 1. The van der Waals surface area contributed by atoms with Crippen molar-refractivity contribution in [2.45, 2.75) is 38.2 Å². The van der Waals surface area contributed by atoms with Gasteiger partial charge in [0, 0.05) is 19.0 Å². The zero-order chi connectivity index (χ0) is 12.5. The van der Waals surface area contributed by atoms with E-state index in [0.29, 0.717) is 11.3 Å². The highest BCUT2D eigenvalue weighted by Crippen LogP contribution is 2.29. The van der Waals surface area contributed by atoms with Gasteiger partial charge in [-0.1, -0.05) is 0 Å². The first-order valence-electron chi connectivity index (χ1n) is 6.28. The van der Waals surface area contributed by atoms with Crippen molar-refractivity contribution in [1.29, 1.82) is 0 Å². The molecule has 1 N–H and O–H groups in total. The minimum Gasteiger partial charge on any atom is -0.444 e. The first-order chi connectivity index (χ1) is 7.96. The summed E-state index contributed by atoms with van der Waals surface area (Å²) in [5.41, 5.74) is -0.389. The van der Waals surface area contributed by atoms with E-state index in [-0.39, 0.29) is 24.1 Å². The highest BCUT2D eigenvalue weighted by atomic mass is 35.5. The van der Waals surface area contributed by atoms with Crippen LogP contribution in [-0.2, 0) is 4.74 Å². The second-order valence-corrected chi connectivity index (χ2v) is 6.99. The summed E-state index contributed by atoms with van der Waals surface area (Å²) in [6, 6.07) is 0. The van der Waals surface area contributed by atoms with E-state index < -0.39 is 0 Å². The molecular formula is C12H23ClN2O2S. The van der Waals surface area contributed by atoms with E-state index in [1.54, 1.807) is 4.90 Å². The third kappa shape index (κ3) is 4.21. The zero-order valence-corrected chi connectivity index (χ0v) is 12.9. The molecule has 106 valence electrons. The molecule has 0 aromatic carbocycles. The molecule has 2 saturated heterocycles. The highest BCUT2D eigenvalue weighted by Gasteiger charge is 2.38. The molecule has 2 heterocycles. The number of halogens is 1. The largest absolute Gasteiger partial charge is 0.444 e. The van der Waals surface area contributed by atoms with Gasteiger partial charge in [0.15, 0.2) is 0 Å². The number of amides is 1. The van der Waals surface area contributed by atoms with Crippen LogP contribution in [0.2, 0.25) is 0 Å². The third-order valence-electron chi connectivity index (χ3n) is 2.95. The molecular weight excluding hydrogens is 272 g/mol. The van der Waals surface area contributed by atoms with Gasteiger partial charge in [-0.25, -0.2) is 4.79 Å². The molecule has 0 aromatic heterocycles. The Labute approximate surface area is 120 Å². The van der Waals surface area contributed by atoms with Crippen molar-refractivity contribution in [3.63, 3.8) is 0 Å². The summed E-state index contributed by atoms with van der Waals surface area (Å²) < 4.78 is 5.34. The first-order valence-corrected chi connectivity index (χ1v) is 7.33. The van der Waals surface area contributed by atoms with Gasteiger partial charge in [-0.05, 0) is 39.5 Å². The molecule has 0 aromatic rings. The fraction of sp³-hybridized carbons (Fsp3) is 0.917. The van der Waals surface area contributed by atoms with Crippen LogP contribution in [0.5, 0.6) is 0 Å². The van der Waals surface area contributed by atoms with Gasteiger partial charge in [0.2, 0.25) is 0 Å². The van der Waals surface area contributed by atoms with E-state index in [1.165, 1.54) is 12.2 Å². The van der Waals surface area contributed by atoms with E-state index >= 15 is 0 Å². The standard InChI is InChI=1S/C12H22N2O2S.ClH/c1-12(2,3)16-11(15)14-7-9(8-14)10-13-5-4-6-17-10;/h9-10,13H,4-8H2,1-3H3;1H. The van der Waals surface area contributed by atoms with Crippen molar-refractivity contribution in [3.05, 3.63) is 0 Å². The van der Waals surface area contributed by atoms with Crippen LogP contribution in [0.3, 0.4) is 0 Å². The van der Waals surface area contributed by atoms with Crippen LogP contribution in [-0.4, -0.2) is 47.4 Å². The van der Waals surface area contributed by atoms with E-state index in [0.717, 1.165) is 19.6 Å². The van der Waals surface area contributed by atoms with Gasteiger partial charge >= 0.3 is 6.09 Å². The molecule has 2 rings (SSSR count). The molecule has 0 aliphatic carbocycles. The molecule has 1 atom stereocenters. The molecule has 1 amide bonds. The molecule has 2 fully saturated rings. The van der Waals surface area contributed by atoms with E-state index in [1.807, 2.05) is 32.5 Å². The highest BCUT2D eigenvalue weighted by molar-refractivity contribution is 7.99. The van der Waals surface area contributed by atoms with Gasteiger partial charge in [-0.15, -0.1) is 24.2 Å². The summed E-state index contributed by atoms with van der Waals surface area (Å²) in [4.78, 5) is 13.5. The maximum atomic E-state index is 11.7. The lowest BCUT2D eigenvalue weighted by atomic mass is 10.0. The van der Waals surface area contributed by atoms with Crippen LogP contribution in [0, 0.1) is 5.92 Å². The maximum Gasteiger partial charge on any atom is 0.410 e. The Hall–Kier alpha value is -0.130. The predicted molar refractivity (Wildman–Crippen MR) is 77.4 cm³/mol. The van der Waals surface area contributed by atoms with Gasteiger partial charge in [0.25, 0.3) is 0 Å². The number of hydrogen-bond acceptors (Lipinski definition) is 4. The zero-order valence-electron chi connectivity index (χ0n) is 11.3. The smallest absolute Gasteiger partial charge is 0.410 e. The Bertz CT molecular complexity index is 284. The Kier molecular flexibility index (Phi) is 5.62. The molecule has 4 nitrogen and oxygen atoms in total. The van der Waals surface area contributed by atoms with Crippen molar-refractivity contribution < 1.29 is 9.53 Å². The van der Waals surface area contributed by atoms with Crippen LogP contribution >= 0.6 is 24.2 Å².